The third-order valence-electron chi connectivity index (χ3n) is 2.90. The van der Waals surface area contributed by atoms with Gasteiger partial charge >= 0.3 is 0 Å². The lowest BCUT2D eigenvalue weighted by Gasteiger charge is -2.29. The van der Waals surface area contributed by atoms with Crippen molar-refractivity contribution in [2.45, 2.75) is 23.9 Å². The minimum Gasteiger partial charge on any atom is -0.327 e. The molecular formula is C11H15ClN4O2S. The van der Waals surface area contributed by atoms with Crippen molar-refractivity contribution in [3.63, 3.8) is 0 Å². The van der Waals surface area contributed by atoms with Gasteiger partial charge in [0, 0.05) is 25.3 Å². The molecule has 1 atom stereocenters. The molecule has 1 aromatic heterocycles. The molecule has 1 aliphatic rings. The number of sulfonamides is 1. The lowest BCUT2D eigenvalue weighted by molar-refractivity contribution is 0.315. The first-order chi connectivity index (χ1) is 8.55. The molecule has 1 unspecified atom stereocenters. The molecule has 0 aromatic carbocycles. The summed E-state index contributed by atoms with van der Waals surface area (Å²) in [5.74, 6) is 0. The van der Waals surface area contributed by atoms with Gasteiger partial charge in [0.2, 0.25) is 0 Å². The number of pyridine rings is 1. The third kappa shape index (κ3) is 3.22. The Morgan fingerprint density at radius 1 is 1.53 bits per heavy atom. The highest BCUT2D eigenvalue weighted by Crippen LogP contribution is 2.20. The van der Waals surface area contributed by atoms with Crippen LogP contribution in [0.3, 0.4) is 0 Å². The highest BCUT2D eigenvalue weighted by atomic mass is 35.5. The van der Waals surface area contributed by atoms with E-state index in [2.05, 4.69) is 4.98 Å². The first kappa shape index (κ1) is 15.9. The predicted octanol–water partition coefficient (Wildman–Crippen LogP) is 0.487. The fraction of sp³-hybridized carbons (Fsp3) is 0.455. The van der Waals surface area contributed by atoms with Crippen molar-refractivity contribution < 1.29 is 8.42 Å². The molecule has 0 radical (unpaired) electrons. The molecule has 2 rings (SSSR count). The standard InChI is InChI=1S/C11H14N4O2S.ClH/c12-7-9-3-1-5-14-11(9)18(16,17)15-6-2-4-10(13)8-15;/h1,3,5,10H,2,4,6,8,13H2;1H. The highest BCUT2D eigenvalue weighted by molar-refractivity contribution is 7.89. The zero-order chi connectivity index (χ0) is 13.2. The third-order valence-corrected chi connectivity index (χ3v) is 4.72. The van der Waals surface area contributed by atoms with Crippen LogP contribution in [-0.4, -0.2) is 36.8 Å². The molecule has 0 spiro atoms. The van der Waals surface area contributed by atoms with Crippen LogP contribution in [0.1, 0.15) is 18.4 Å². The molecule has 1 fully saturated rings. The topological polar surface area (TPSA) is 100 Å². The van der Waals surface area contributed by atoms with E-state index in [0.29, 0.717) is 6.54 Å². The van der Waals surface area contributed by atoms with E-state index in [1.165, 1.54) is 16.6 Å². The quantitative estimate of drug-likeness (QED) is 0.857. The minimum atomic E-state index is -3.72. The summed E-state index contributed by atoms with van der Waals surface area (Å²) in [5.41, 5.74) is 5.85. The first-order valence-corrected chi connectivity index (χ1v) is 7.10. The second-order valence-corrected chi connectivity index (χ2v) is 6.09. The monoisotopic (exact) mass is 302 g/mol. The summed E-state index contributed by atoms with van der Waals surface area (Å²) in [6.45, 7) is 0.710. The number of nitrogens with two attached hydrogens (primary N) is 1. The van der Waals surface area contributed by atoms with Crippen molar-refractivity contribution >= 4 is 22.4 Å². The van der Waals surface area contributed by atoms with Gasteiger partial charge in [-0.1, -0.05) is 0 Å². The van der Waals surface area contributed by atoms with Gasteiger partial charge in [-0.2, -0.15) is 9.57 Å². The van der Waals surface area contributed by atoms with E-state index >= 15 is 0 Å². The smallest absolute Gasteiger partial charge is 0.261 e. The van der Waals surface area contributed by atoms with E-state index in [4.69, 9.17) is 11.0 Å². The van der Waals surface area contributed by atoms with E-state index < -0.39 is 10.0 Å². The Kier molecular flexibility index (Phi) is 5.26. The van der Waals surface area contributed by atoms with E-state index in [-0.39, 0.29) is 35.6 Å². The number of nitriles is 1. The van der Waals surface area contributed by atoms with Crippen molar-refractivity contribution in [2.24, 2.45) is 5.73 Å². The number of hydrogen-bond donors (Lipinski definition) is 1. The molecule has 1 aromatic rings. The largest absolute Gasteiger partial charge is 0.327 e. The lowest BCUT2D eigenvalue weighted by Crippen LogP contribution is -2.45. The number of hydrogen-bond acceptors (Lipinski definition) is 5. The van der Waals surface area contributed by atoms with Crippen LogP contribution in [0, 0.1) is 11.3 Å². The molecular weight excluding hydrogens is 288 g/mol. The van der Waals surface area contributed by atoms with Crippen LogP contribution in [0.5, 0.6) is 0 Å². The number of halogens is 1. The van der Waals surface area contributed by atoms with Gasteiger partial charge in [0.05, 0.1) is 5.56 Å². The van der Waals surface area contributed by atoms with E-state index in [9.17, 15) is 8.42 Å². The van der Waals surface area contributed by atoms with E-state index in [1.54, 1.807) is 6.07 Å². The second-order valence-electron chi connectivity index (χ2n) is 4.23. The van der Waals surface area contributed by atoms with Gasteiger partial charge in [0.15, 0.2) is 5.03 Å². The Balaban J connectivity index is 0.00000180. The van der Waals surface area contributed by atoms with Gasteiger partial charge in [-0.15, -0.1) is 12.4 Å². The van der Waals surface area contributed by atoms with Crippen LogP contribution in [0.4, 0.5) is 0 Å². The predicted molar refractivity (Wildman–Crippen MR) is 72.2 cm³/mol. The maximum absolute atomic E-state index is 12.4. The molecule has 19 heavy (non-hydrogen) atoms. The number of piperidine rings is 1. The molecule has 1 aliphatic heterocycles. The number of nitrogens with zero attached hydrogens (tertiary/aromatic N) is 3. The normalized spacial score (nSPS) is 20.3. The Labute approximate surface area is 118 Å². The SMILES string of the molecule is Cl.N#Cc1cccnc1S(=O)(=O)N1CCCC(N)C1. The molecule has 0 saturated carbocycles. The summed E-state index contributed by atoms with van der Waals surface area (Å²) in [4.78, 5) is 3.83. The maximum Gasteiger partial charge on any atom is 0.261 e. The van der Waals surface area contributed by atoms with Gasteiger partial charge < -0.3 is 5.73 Å². The zero-order valence-electron chi connectivity index (χ0n) is 10.2. The lowest BCUT2D eigenvalue weighted by atomic mass is 10.1. The van der Waals surface area contributed by atoms with Gasteiger partial charge in [-0.3, -0.25) is 0 Å². The molecule has 6 nitrogen and oxygen atoms in total. The van der Waals surface area contributed by atoms with Crippen LogP contribution in [0.25, 0.3) is 0 Å². The van der Waals surface area contributed by atoms with Gasteiger partial charge in [0.1, 0.15) is 6.07 Å². The summed E-state index contributed by atoms with van der Waals surface area (Å²) < 4.78 is 26.0. The second kappa shape index (κ2) is 6.30. The average molecular weight is 303 g/mol. The van der Waals surface area contributed by atoms with Crippen LogP contribution < -0.4 is 5.73 Å². The van der Waals surface area contributed by atoms with Crippen LogP contribution >= 0.6 is 12.4 Å². The van der Waals surface area contributed by atoms with Crippen molar-refractivity contribution in [3.8, 4) is 6.07 Å². The summed E-state index contributed by atoms with van der Waals surface area (Å²) >= 11 is 0. The number of rotatable bonds is 2. The number of aromatic nitrogens is 1. The van der Waals surface area contributed by atoms with Gasteiger partial charge in [-0.25, -0.2) is 13.4 Å². The summed E-state index contributed by atoms with van der Waals surface area (Å²) in [7, 11) is -3.72. The van der Waals surface area contributed by atoms with Crippen LogP contribution in [0.15, 0.2) is 23.4 Å². The molecule has 1 saturated heterocycles. The Morgan fingerprint density at radius 2 is 2.26 bits per heavy atom. The zero-order valence-corrected chi connectivity index (χ0v) is 11.8. The first-order valence-electron chi connectivity index (χ1n) is 5.66. The average Bonchev–Trinajstić information content (AvgIpc) is 2.38. The summed E-state index contributed by atoms with van der Waals surface area (Å²) in [6.07, 6.45) is 2.92. The Morgan fingerprint density at radius 3 is 2.89 bits per heavy atom. The molecule has 2 heterocycles. The van der Waals surface area contributed by atoms with Gasteiger partial charge in [-0.05, 0) is 25.0 Å². The van der Waals surface area contributed by atoms with Crippen molar-refractivity contribution in [1.82, 2.24) is 9.29 Å². The van der Waals surface area contributed by atoms with Gasteiger partial charge in [0.25, 0.3) is 10.0 Å². The summed E-state index contributed by atoms with van der Waals surface area (Å²) in [5, 5.41) is 8.76. The van der Waals surface area contributed by atoms with Crippen molar-refractivity contribution in [2.75, 3.05) is 13.1 Å². The Hall–Kier alpha value is -1.20. The highest BCUT2D eigenvalue weighted by Gasteiger charge is 2.31. The minimum absolute atomic E-state index is 0. The molecule has 8 heteroatoms. The van der Waals surface area contributed by atoms with E-state index in [1.807, 2.05) is 6.07 Å². The molecule has 0 amide bonds. The summed E-state index contributed by atoms with van der Waals surface area (Å²) in [6, 6.07) is 4.69. The fourth-order valence-corrected chi connectivity index (χ4v) is 3.58. The van der Waals surface area contributed by atoms with Crippen LogP contribution in [0.2, 0.25) is 0 Å². The molecule has 2 N–H and O–H groups in total. The van der Waals surface area contributed by atoms with Crippen molar-refractivity contribution in [1.29, 1.82) is 5.26 Å². The fourth-order valence-electron chi connectivity index (χ4n) is 2.00. The molecule has 0 aliphatic carbocycles. The molecule has 0 bridgehead atoms. The Bertz CT molecular complexity index is 585. The van der Waals surface area contributed by atoms with E-state index in [0.717, 1.165) is 12.8 Å². The molecule has 104 valence electrons. The maximum atomic E-state index is 12.4. The van der Waals surface area contributed by atoms with Crippen LogP contribution in [-0.2, 0) is 10.0 Å². The van der Waals surface area contributed by atoms with Crippen molar-refractivity contribution in [3.05, 3.63) is 23.9 Å².